The Labute approximate surface area is 244 Å². The zero-order valence-corrected chi connectivity index (χ0v) is 24.0. The van der Waals surface area contributed by atoms with Crippen LogP contribution in [-0.4, -0.2) is 27.5 Å². The number of carbonyl (C=O) groups excluding carboxylic acids is 3. The highest BCUT2D eigenvalue weighted by Crippen LogP contribution is 2.53. The van der Waals surface area contributed by atoms with Gasteiger partial charge in [0.2, 0.25) is 17.7 Å². The monoisotopic (exact) mass is 639 g/mol. The average molecular weight is 641 g/mol. The van der Waals surface area contributed by atoms with Crippen LogP contribution in [0.2, 0.25) is 5.02 Å². The van der Waals surface area contributed by atoms with Crippen molar-refractivity contribution < 1.29 is 14.4 Å². The predicted octanol–water partition coefficient (Wildman–Crippen LogP) is 5.76. The summed E-state index contributed by atoms with van der Waals surface area (Å²) >= 11 is 11.5. The highest BCUT2D eigenvalue weighted by molar-refractivity contribution is 9.10. The third-order valence-corrected chi connectivity index (χ3v) is 10.1. The second kappa shape index (κ2) is 10.4. The zero-order chi connectivity index (χ0) is 27.3. The van der Waals surface area contributed by atoms with Crippen molar-refractivity contribution in [3.63, 3.8) is 0 Å². The van der Waals surface area contributed by atoms with Crippen LogP contribution in [0, 0.1) is 5.92 Å². The molecule has 1 saturated heterocycles. The van der Waals surface area contributed by atoms with E-state index in [1.807, 2.05) is 30.3 Å². The van der Waals surface area contributed by atoms with Crippen molar-refractivity contribution in [1.29, 1.82) is 0 Å². The lowest BCUT2D eigenvalue weighted by atomic mass is 9.83. The number of fused-ring (bicyclic) bond motifs is 2. The van der Waals surface area contributed by atoms with Crippen LogP contribution >= 0.6 is 50.6 Å². The SMILES string of the molecule is O=C(Cn1c2c(sc1=O)[C@@H](c1ccccc1)[C@H]1C(=O)N(c3ccc(Br)cc3)C(=O)[C@H]1S2)Nc1ccc(Cl)cc1. The van der Waals surface area contributed by atoms with E-state index >= 15 is 0 Å². The van der Waals surface area contributed by atoms with Gasteiger partial charge in [-0.1, -0.05) is 81.0 Å². The summed E-state index contributed by atoms with van der Waals surface area (Å²) in [7, 11) is 0. The van der Waals surface area contributed by atoms with E-state index in [2.05, 4.69) is 21.2 Å². The highest BCUT2D eigenvalue weighted by atomic mass is 79.9. The summed E-state index contributed by atoms with van der Waals surface area (Å²) in [4.78, 5) is 55.3. The largest absolute Gasteiger partial charge is 0.325 e. The predicted molar refractivity (Wildman–Crippen MR) is 157 cm³/mol. The molecule has 11 heteroatoms. The second-order valence-electron chi connectivity index (χ2n) is 9.12. The number of hydrogen-bond acceptors (Lipinski definition) is 6. The Morgan fingerprint density at radius 1 is 0.923 bits per heavy atom. The van der Waals surface area contributed by atoms with Crippen molar-refractivity contribution in [1.82, 2.24) is 4.57 Å². The van der Waals surface area contributed by atoms with Crippen LogP contribution in [0.15, 0.2) is 93.2 Å². The molecule has 3 amide bonds. The van der Waals surface area contributed by atoms with Gasteiger partial charge in [-0.2, -0.15) is 0 Å². The normalized spacial score (nSPS) is 20.1. The van der Waals surface area contributed by atoms with Gasteiger partial charge in [0.25, 0.3) is 0 Å². The summed E-state index contributed by atoms with van der Waals surface area (Å²) in [5.41, 5.74) is 1.89. The molecule has 1 N–H and O–H groups in total. The Morgan fingerprint density at radius 3 is 2.31 bits per heavy atom. The molecule has 6 rings (SSSR count). The van der Waals surface area contributed by atoms with Crippen molar-refractivity contribution in [3.05, 3.63) is 108 Å². The van der Waals surface area contributed by atoms with E-state index in [0.717, 1.165) is 21.4 Å². The fourth-order valence-corrected chi connectivity index (χ4v) is 8.16. The maximum absolute atomic E-state index is 13.9. The van der Waals surface area contributed by atoms with Gasteiger partial charge in [-0.15, -0.1) is 0 Å². The van der Waals surface area contributed by atoms with Gasteiger partial charge >= 0.3 is 4.87 Å². The first kappa shape index (κ1) is 26.1. The Kier molecular flexibility index (Phi) is 6.96. The van der Waals surface area contributed by atoms with Crippen LogP contribution in [-0.2, 0) is 20.9 Å². The van der Waals surface area contributed by atoms with E-state index in [1.54, 1.807) is 48.5 Å². The van der Waals surface area contributed by atoms with E-state index in [-0.39, 0.29) is 29.1 Å². The summed E-state index contributed by atoms with van der Waals surface area (Å²) in [6.45, 7) is -0.224. The minimum Gasteiger partial charge on any atom is -0.325 e. The highest BCUT2D eigenvalue weighted by Gasteiger charge is 2.56. The van der Waals surface area contributed by atoms with E-state index < -0.39 is 17.1 Å². The lowest BCUT2D eigenvalue weighted by Crippen LogP contribution is -2.33. The maximum atomic E-state index is 13.9. The molecule has 0 radical (unpaired) electrons. The Bertz CT molecular complexity index is 1660. The van der Waals surface area contributed by atoms with Gasteiger partial charge < -0.3 is 5.32 Å². The number of imide groups is 1. The van der Waals surface area contributed by atoms with Crippen LogP contribution in [0.3, 0.4) is 0 Å². The quantitative estimate of drug-likeness (QED) is 0.280. The number of amides is 3. The van der Waals surface area contributed by atoms with Crippen molar-refractivity contribution in [2.24, 2.45) is 5.92 Å². The van der Waals surface area contributed by atoms with Crippen LogP contribution in [0.5, 0.6) is 0 Å². The van der Waals surface area contributed by atoms with Gasteiger partial charge in [0, 0.05) is 26.0 Å². The summed E-state index contributed by atoms with van der Waals surface area (Å²) < 4.78 is 2.24. The number of hydrogen-bond donors (Lipinski definition) is 1. The Hall–Kier alpha value is -3.18. The molecule has 0 spiro atoms. The van der Waals surface area contributed by atoms with Gasteiger partial charge in [0.1, 0.15) is 11.8 Å². The van der Waals surface area contributed by atoms with E-state index in [0.29, 0.717) is 26.3 Å². The molecular weight excluding hydrogens is 622 g/mol. The van der Waals surface area contributed by atoms with Gasteiger partial charge in [0.05, 0.1) is 16.6 Å². The molecule has 1 aromatic heterocycles. The molecule has 39 heavy (non-hydrogen) atoms. The van der Waals surface area contributed by atoms with Gasteiger partial charge in [0.15, 0.2) is 0 Å². The Morgan fingerprint density at radius 2 is 1.62 bits per heavy atom. The molecule has 0 bridgehead atoms. The van der Waals surface area contributed by atoms with Crippen LogP contribution in [0.4, 0.5) is 11.4 Å². The number of aromatic nitrogens is 1. The fourth-order valence-electron chi connectivity index (χ4n) is 5.00. The molecule has 0 saturated carbocycles. The molecule has 2 aliphatic heterocycles. The second-order valence-corrected chi connectivity index (χ2v) is 12.6. The summed E-state index contributed by atoms with van der Waals surface area (Å²) in [5, 5.41) is 3.14. The molecule has 3 heterocycles. The molecule has 4 aromatic rings. The first-order valence-electron chi connectivity index (χ1n) is 12.0. The Balaban J connectivity index is 1.39. The topological polar surface area (TPSA) is 88.5 Å². The van der Waals surface area contributed by atoms with Crippen LogP contribution in [0.1, 0.15) is 16.4 Å². The summed E-state index contributed by atoms with van der Waals surface area (Å²) in [6, 6.07) is 23.1. The third kappa shape index (κ3) is 4.75. The van der Waals surface area contributed by atoms with E-state index in [1.165, 1.54) is 21.2 Å². The van der Waals surface area contributed by atoms with Gasteiger partial charge in [-0.05, 0) is 54.1 Å². The van der Waals surface area contributed by atoms with Crippen molar-refractivity contribution >= 4 is 79.7 Å². The average Bonchev–Trinajstić information content (AvgIpc) is 3.37. The first-order valence-corrected chi connectivity index (χ1v) is 14.8. The van der Waals surface area contributed by atoms with Crippen molar-refractivity contribution in [2.45, 2.75) is 22.7 Å². The molecule has 0 unspecified atom stereocenters. The molecule has 3 aromatic carbocycles. The lowest BCUT2D eigenvalue weighted by Gasteiger charge is -2.30. The molecule has 1 fully saturated rings. The van der Waals surface area contributed by atoms with Gasteiger partial charge in [-0.25, -0.2) is 4.90 Å². The molecule has 2 aliphatic rings. The standard InChI is InChI=1S/C28H19BrClN3O4S2/c29-16-6-12-19(13-7-16)33-25(35)22-21(15-4-2-1-3-5-15)24-27(38-23(22)26(33)36)32(28(37)39-24)14-20(34)31-18-10-8-17(30)9-11-18/h1-13,21-23H,14H2,(H,31,34)/t21-,22+,23-/m0/s1. The number of thioether (sulfide) groups is 1. The molecule has 7 nitrogen and oxygen atoms in total. The van der Waals surface area contributed by atoms with Gasteiger partial charge in [-0.3, -0.25) is 23.7 Å². The lowest BCUT2D eigenvalue weighted by molar-refractivity contribution is -0.122. The maximum Gasteiger partial charge on any atom is 0.308 e. The summed E-state index contributed by atoms with van der Waals surface area (Å²) in [5.74, 6) is -2.20. The van der Waals surface area contributed by atoms with Crippen molar-refractivity contribution in [3.8, 4) is 0 Å². The molecule has 196 valence electrons. The number of carbonyl (C=O) groups is 3. The number of anilines is 2. The molecular formula is C28H19BrClN3O4S2. The third-order valence-electron chi connectivity index (χ3n) is 6.72. The fraction of sp³-hybridized carbons (Fsp3) is 0.143. The van der Waals surface area contributed by atoms with Crippen LogP contribution in [0.25, 0.3) is 0 Å². The minimum absolute atomic E-state index is 0.224. The molecule has 3 atom stereocenters. The minimum atomic E-state index is -0.738. The van der Waals surface area contributed by atoms with E-state index in [4.69, 9.17) is 11.6 Å². The summed E-state index contributed by atoms with van der Waals surface area (Å²) in [6.07, 6.45) is 0. The number of halogens is 2. The number of nitrogens with one attached hydrogen (secondary N) is 1. The number of thiazole rings is 1. The number of benzene rings is 3. The first-order chi connectivity index (χ1) is 18.8. The zero-order valence-electron chi connectivity index (χ0n) is 20.0. The number of rotatable bonds is 5. The van der Waals surface area contributed by atoms with Crippen LogP contribution < -0.4 is 15.1 Å². The van der Waals surface area contributed by atoms with E-state index in [9.17, 15) is 19.2 Å². The smallest absolute Gasteiger partial charge is 0.308 e. The van der Waals surface area contributed by atoms with Crippen molar-refractivity contribution in [2.75, 3.05) is 10.2 Å². The number of nitrogens with zero attached hydrogens (tertiary/aromatic N) is 2. The molecule has 0 aliphatic carbocycles.